The van der Waals surface area contributed by atoms with Crippen LogP contribution in [0.3, 0.4) is 0 Å². The molecule has 0 aromatic heterocycles. The van der Waals surface area contributed by atoms with E-state index in [0.29, 0.717) is 13.0 Å². The summed E-state index contributed by atoms with van der Waals surface area (Å²) in [6, 6.07) is 13.9. The van der Waals surface area contributed by atoms with Gasteiger partial charge in [0.1, 0.15) is 5.82 Å². The Morgan fingerprint density at radius 2 is 1.62 bits per heavy atom. The number of nitrogens with zero attached hydrogens (tertiary/aromatic N) is 2. The zero-order valence-electron chi connectivity index (χ0n) is 17.0. The monoisotopic (exact) mass is 397 g/mol. The van der Waals surface area contributed by atoms with Crippen LogP contribution in [0.25, 0.3) is 0 Å². The molecular weight excluding hydrogens is 369 g/mol. The topological polar surface area (TPSA) is 52.7 Å². The maximum Gasteiger partial charge on any atom is 0.237 e. The number of benzene rings is 2. The summed E-state index contributed by atoms with van der Waals surface area (Å²) in [5.41, 5.74) is 2.83. The molecule has 154 valence electrons. The number of hydrogen-bond donors (Lipinski definition) is 1. The molecular formula is C23H28FN3O2. The Morgan fingerprint density at radius 3 is 2.21 bits per heavy atom. The van der Waals surface area contributed by atoms with Gasteiger partial charge < -0.3 is 10.2 Å². The average Bonchev–Trinajstić information content (AvgIpc) is 2.74. The Morgan fingerprint density at radius 1 is 1.00 bits per heavy atom. The van der Waals surface area contributed by atoms with Gasteiger partial charge in [-0.25, -0.2) is 4.39 Å². The van der Waals surface area contributed by atoms with E-state index < -0.39 is 0 Å². The first kappa shape index (κ1) is 21.0. The van der Waals surface area contributed by atoms with Gasteiger partial charge in [0, 0.05) is 44.0 Å². The van der Waals surface area contributed by atoms with Crippen LogP contribution in [0.1, 0.15) is 29.8 Å². The van der Waals surface area contributed by atoms with Gasteiger partial charge in [0.25, 0.3) is 0 Å². The number of nitrogens with one attached hydrogen (secondary N) is 1. The number of carbonyl (C=O) groups excluding carboxylic acids is 2. The molecule has 6 heteroatoms. The second-order valence-electron chi connectivity index (χ2n) is 7.47. The minimum Gasteiger partial charge on any atom is -0.369 e. The first-order chi connectivity index (χ1) is 13.9. The minimum absolute atomic E-state index is 0.0198. The number of piperazine rings is 1. The highest BCUT2D eigenvalue weighted by Crippen LogP contribution is 2.18. The molecule has 29 heavy (non-hydrogen) atoms. The highest BCUT2D eigenvalue weighted by atomic mass is 19.1. The molecule has 5 nitrogen and oxygen atoms in total. The average molecular weight is 397 g/mol. The molecule has 0 spiro atoms. The maximum absolute atomic E-state index is 12.9. The van der Waals surface area contributed by atoms with Gasteiger partial charge in [0.15, 0.2) is 5.78 Å². The van der Waals surface area contributed by atoms with Crippen molar-refractivity contribution in [1.29, 1.82) is 0 Å². The van der Waals surface area contributed by atoms with E-state index in [2.05, 4.69) is 15.1 Å². The number of ketones is 1. The van der Waals surface area contributed by atoms with Crippen molar-refractivity contribution in [1.82, 2.24) is 10.2 Å². The molecule has 0 radical (unpaired) electrons. The van der Waals surface area contributed by atoms with Crippen LogP contribution in [0.4, 0.5) is 10.1 Å². The van der Waals surface area contributed by atoms with Gasteiger partial charge in [-0.3, -0.25) is 14.5 Å². The third-order valence-electron chi connectivity index (χ3n) is 5.51. The smallest absolute Gasteiger partial charge is 0.237 e. The Labute approximate surface area is 171 Å². The molecule has 1 aliphatic rings. The molecule has 2 aromatic carbocycles. The molecule has 2 aromatic rings. The molecule has 1 amide bonds. The van der Waals surface area contributed by atoms with Crippen LogP contribution in [0, 0.1) is 5.82 Å². The number of anilines is 1. The molecule has 1 fully saturated rings. The van der Waals surface area contributed by atoms with Gasteiger partial charge in [-0.05, 0) is 62.2 Å². The minimum atomic E-state index is -0.250. The Hall–Kier alpha value is -2.73. The third kappa shape index (κ3) is 5.64. The van der Waals surface area contributed by atoms with Crippen molar-refractivity contribution in [2.24, 2.45) is 0 Å². The van der Waals surface area contributed by atoms with Crippen LogP contribution in [0.15, 0.2) is 48.5 Å². The third-order valence-corrected chi connectivity index (χ3v) is 5.51. The molecule has 1 saturated heterocycles. The number of hydrogen-bond acceptors (Lipinski definition) is 4. The zero-order valence-corrected chi connectivity index (χ0v) is 17.0. The number of rotatable bonds is 7. The fourth-order valence-corrected chi connectivity index (χ4v) is 3.57. The van der Waals surface area contributed by atoms with Gasteiger partial charge in [0.05, 0.1) is 6.04 Å². The predicted molar refractivity (Wildman–Crippen MR) is 113 cm³/mol. The quantitative estimate of drug-likeness (QED) is 0.730. The lowest BCUT2D eigenvalue weighted by Gasteiger charge is -2.38. The van der Waals surface area contributed by atoms with Crippen LogP contribution in [0.5, 0.6) is 0 Å². The summed E-state index contributed by atoms with van der Waals surface area (Å²) in [7, 11) is 0. The molecule has 0 saturated carbocycles. The summed E-state index contributed by atoms with van der Waals surface area (Å²) in [5, 5.41) is 2.98. The maximum atomic E-state index is 12.9. The van der Waals surface area contributed by atoms with Crippen LogP contribution in [-0.2, 0) is 11.2 Å². The van der Waals surface area contributed by atoms with Gasteiger partial charge in [0.2, 0.25) is 5.91 Å². The van der Waals surface area contributed by atoms with Crippen molar-refractivity contribution in [2.75, 3.05) is 37.6 Å². The summed E-state index contributed by atoms with van der Waals surface area (Å²) in [6.07, 6.45) is 0.683. The molecule has 1 aliphatic heterocycles. The number of amides is 1. The highest BCUT2D eigenvalue weighted by molar-refractivity contribution is 5.94. The normalized spacial score (nSPS) is 15.8. The molecule has 1 N–H and O–H groups in total. The van der Waals surface area contributed by atoms with E-state index in [4.69, 9.17) is 0 Å². The standard InChI is InChI=1S/C23H28FN3O2/c1-17(23(29)25-12-11-19-3-7-21(24)8-4-19)26-13-15-27(16-14-26)22-9-5-20(6-10-22)18(2)28/h3-10,17H,11-16H2,1-2H3,(H,25,29)/t17-/m0/s1. The summed E-state index contributed by atoms with van der Waals surface area (Å²) in [4.78, 5) is 28.4. The van der Waals surface area contributed by atoms with Crippen molar-refractivity contribution >= 4 is 17.4 Å². The lowest BCUT2D eigenvalue weighted by atomic mass is 10.1. The molecule has 1 heterocycles. The predicted octanol–water partition coefficient (Wildman–Crippen LogP) is 2.90. The number of Topliss-reactive ketones (excluding diaryl/α,β-unsaturated/α-hetero) is 1. The highest BCUT2D eigenvalue weighted by Gasteiger charge is 2.25. The van der Waals surface area contributed by atoms with Crippen LogP contribution in [0.2, 0.25) is 0 Å². The van der Waals surface area contributed by atoms with E-state index in [1.165, 1.54) is 12.1 Å². The zero-order chi connectivity index (χ0) is 20.8. The molecule has 1 atom stereocenters. The Bertz CT molecular complexity index is 828. The van der Waals surface area contributed by atoms with E-state index in [9.17, 15) is 14.0 Å². The summed E-state index contributed by atoms with van der Waals surface area (Å²) < 4.78 is 12.9. The summed E-state index contributed by atoms with van der Waals surface area (Å²) in [5.74, 6) is -0.160. The first-order valence-electron chi connectivity index (χ1n) is 10.1. The largest absolute Gasteiger partial charge is 0.369 e. The van der Waals surface area contributed by atoms with E-state index in [1.807, 2.05) is 31.2 Å². The fraction of sp³-hybridized carbons (Fsp3) is 0.391. The second-order valence-corrected chi connectivity index (χ2v) is 7.47. The lowest BCUT2D eigenvalue weighted by Crippen LogP contribution is -2.54. The number of carbonyl (C=O) groups is 2. The van der Waals surface area contributed by atoms with Crippen molar-refractivity contribution in [2.45, 2.75) is 26.3 Å². The van der Waals surface area contributed by atoms with Gasteiger partial charge in [-0.15, -0.1) is 0 Å². The number of halogens is 1. The van der Waals surface area contributed by atoms with Gasteiger partial charge >= 0.3 is 0 Å². The van der Waals surface area contributed by atoms with Crippen LogP contribution >= 0.6 is 0 Å². The first-order valence-corrected chi connectivity index (χ1v) is 10.1. The van der Waals surface area contributed by atoms with Crippen molar-refractivity contribution in [3.8, 4) is 0 Å². The molecule has 0 aliphatic carbocycles. The molecule has 3 rings (SSSR count). The van der Waals surface area contributed by atoms with Crippen molar-refractivity contribution in [3.05, 3.63) is 65.5 Å². The van der Waals surface area contributed by atoms with E-state index >= 15 is 0 Å². The Balaban J connectivity index is 1.43. The van der Waals surface area contributed by atoms with E-state index in [-0.39, 0.29) is 23.5 Å². The van der Waals surface area contributed by atoms with Crippen molar-refractivity contribution in [3.63, 3.8) is 0 Å². The lowest BCUT2D eigenvalue weighted by molar-refractivity contribution is -0.125. The van der Waals surface area contributed by atoms with E-state index in [1.54, 1.807) is 19.1 Å². The van der Waals surface area contributed by atoms with E-state index in [0.717, 1.165) is 43.0 Å². The molecule has 0 unspecified atom stereocenters. The van der Waals surface area contributed by atoms with Crippen molar-refractivity contribution < 1.29 is 14.0 Å². The van der Waals surface area contributed by atoms with Crippen LogP contribution in [-0.4, -0.2) is 55.4 Å². The van der Waals surface area contributed by atoms with Crippen LogP contribution < -0.4 is 10.2 Å². The second kappa shape index (κ2) is 9.65. The Kier molecular flexibility index (Phi) is 6.99. The molecule has 0 bridgehead atoms. The summed E-state index contributed by atoms with van der Waals surface area (Å²) in [6.45, 7) is 7.34. The van der Waals surface area contributed by atoms with Gasteiger partial charge in [-0.1, -0.05) is 12.1 Å². The summed E-state index contributed by atoms with van der Waals surface area (Å²) >= 11 is 0. The fourth-order valence-electron chi connectivity index (χ4n) is 3.57. The SMILES string of the molecule is CC(=O)c1ccc(N2CCN([C@@H](C)C(=O)NCCc3ccc(F)cc3)CC2)cc1. The van der Waals surface area contributed by atoms with Gasteiger partial charge in [-0.2, -0.15) is 0 Å².